The minimum Gasteiger partial charge on any atom is -0.497 e. The van der Waals surface area contributed by atoms with Crippen LogP contribution in [0.25, 0.3) is 0 Å². The lowest BCUT2D eigenvalue weighted by atomic mass is 10.1. The van der Waals surface area contributed by atoms with E-state index in [1.54, 1.807) is 7.11 Å². The number of aliphatic hydroxyl groups is 1. The lowest BCUT2D eigenvalue weighted by Gasteiger charge is -2.16. The number of aliphatic hydroxyl groups excluding tert-OH is 1. The third-order valence-corrected chi connectivity index (χ3v) is 3.22. The van der Waals surface area contributed by atoms with Gasteiger partial charge in [-0.15, -0.1) is 0 Å². The fraction of sp³-hybridized carbons (Fsp3) is 0.294. The summed E-state index contributed by atoms with van der Waals surface area (Å²) in [6.45, 7) is 0.897. The zero-order valence-corrected chi connectivity index (χ0v) is 12.4. The third kappa shape index (κ3) is 4.21. The summed E-state index contributed by atoms with van der Waals surface area (Å²) in [7, 11) is 3.50. The number of benzene rings is 2. The standard InChI is InChI=1S/C17H21NO3/c1-18-11-14-8-9-15(20-2)10-17(14)21-12-16(19)13-6-4-3-5-7-13/h3-10,16,18-19H,11-12H2,1-2H3. The maximum absolute atomic E-state index is 10.2. The summed E-state index contributed by atoms with van der Waals surface area (Å²) >= 11 is 0. The highest BCUT2D eigenvalue weighted by molar-refractivity contribution is 5.40. The number of rotatable bonds is 7. The number of ether oxygens (including phenoxy) is 2. The van der Waals surface area contributed by atoms with E-state index in [0.29, 0.717) is 6.54 Å². The Labute approximate surface area is 125 Å². The van der Waals surface area contributed by atoms with Crippen molar-refractivity contribution in [2.45, 2.75) is 12.6 Å². The van der Waals surface area contributed by atoms with Gasteiger partial charge in [-0.1, -0.05) is 36.4 Å². The zero-order chi connectivity index (χ0) is 15.1. The summed E-state index contributed by atoms with van der Waals surface area (Å²) < 4.78 is 11.0. The minimum absolute atomic E-state index is 0.202. The van der Waals surface area contributed by atoms with Crippen LogP contribution in [0.4, 0.5) is 0 Å². The fourth-order valence-corrected chi connectivity index (χ4v) is 2.07. The van der Waals surface area contributed by atoms with Gasteiger partial charge in [0.25, 0.3) is 0 Å². The molecule has 0 aromatic heterocycles. The summed E-state index contributed by atoms with van der Waals surface area (Å²) in [5.74, 6) is 1.46. The van der Waals surface area contributed by atoms with Crippen LogP contribution >= 0.6 is 0 Å². The average molecular weight is 287 g/mol. The molecule has 0 fully saturated rings. The highest BCUT2D eigenvalue weighted by atomic mass is 16.5. The van der Waals surface area contributed by atoms with Crippen LogP contribution in [-0.2, 0) is 6.54 Å². The number of methoxy groups -OCH3 is 1. The molecule has 4 heteroatoms. The van der Waals surface area contributed by atoms with E-state index in [2.05, 4.69) is 5.32 Å². The molecule has 1 unspecified atom stereocenters. The molecule has 1 atom stereocenters. The molecule has 2 aromatic carbocycles. The maximum Gasteiger partial charge on any atom is 0.127 e. The molecule has 0 aliphatic heterocycles. The van der Waals surface area contributed by atoms with E-state index in [0.717, 1.165) is 22.6 Å². The topological polar surface area (TPSA) is 50.7 Å². The molecule has 0 heterocycles. The maximum atomic E-state index is 10.2. The molecule has 0 aliphatic rings. The van der Waals surface area contributed by atoms with Gasteiger partial charge >= 0.3 is 0 Å². The van der Waals surface area contributed by atoms with E-state index in [9.17, 15) is 5.11 Å². The molecule has 0 aliphatic carbocycles. The van der Waals surface area contributed by atoms with Crippen molar-refractivity contribution in [2.24, 2.45) is 0 Å². The van der Waals surface area contributed by atoms with Crippen molar-refractivity contribution < 1.29 is 14.6 Å². The summed E-state index contributed by atoms with van der Waals surface area (Å²) in [6, 6.07) is 15.2. The molecule has 0 spiro atoms. The van der Waals surface area contributed by atoms with Crippen LogP contribution in [0.3, 0.4) is 0 Å². The summed E-state index contributed by atoms with van der Waals surface area (Å²) in [5.41, 5.74) is 1.87. The first kappa shape index (κ1) is 15.4. The van der Waals surface area contributed by atoms with Gasteiger partial charge in [0.1, 0.15) is 24.2 Å². The Balaban J connectivity index is 2.07. The molecular formula is C17H21NO3. The van der Waals surface area contributed by atoms with Gasteiger partial charge < -0.3 is 19.9 Å². The number of hydrogen-bond acceptors (Lipinski definition) is 4. The van der Waals surface area contributed by atoms with Crippen molar-refractivity contribution in [1.82, 2.24) is 5.32 Å². The minimum atomic E-state index is -0.653. The van der Waals surface area contributed by atoms with Crippen molar-refractivity contribution in [2.75, 3.05) is 20.8 Å². The second-order valence-electron chi connectivity index (χ2n) is 4.74. The first-order chi connectivity index (χ1) is 10.2. The quantitative estimate of drug-likeness (QED) is 0.821. The molecule has 2 N–H and O–H groups in total. The Morgan fingerprint density at radius 3 is 2.57 bits per heavy atom. The molecule has 0 saturated carbocycles. The fourth-order valence-electron chi connectivity index (χ4n) is 2.07. The van der Waals surface area contributed by atoms with Crippen LogP contribution in [0, 0.1) is 0 Å². The molecule has 2 rings (SSSR count). The largest absolute Gasteiger partial charge is 0.497 e. The van der Waals surface area contributed by atoms with E-state index < -0.39 is 6.10 Å². The lowest BCUT2D eigenvalue weighted by molar-refractivity contribution is 0.107. The van der Waals surface area contributed by atoms with Gasteiger partial charge in [0, 0.05) is 18.2 Å². The molecule has 4 nitrogen and oxygen atoms in total. The lowest BCUT2D eigenvalue weighted by Crippen LogP contribution is -2.12. The number of hydrogen-bond donors (Lipinski definition) is 2. The van der Waals surface area contributed by atoms with Crippen molar-refractivity contribution in [3.05, 3.63) is 59.7 Å². The van der Waals surface area contributed by atoms with Gasteiger partial charge in [-0.2, -0.15) is 0 Å². The van der Waals surface area contributed by atoms with Gasteiger partial charge in [0.2, 0.25) is 0 Å². The van der Waals surface area contributed by atoms with Crippen LogP contribution < -0.4 is 14.8 Å². The Morgan fingerprint density at radius 1 is 1.14 bits per heavy atom. The molecule has 0 bridgehead atoms. The molecular weight excluding hydrogens is 266 g/mol. The third-order valence-electron chi connectivity index (χ3n) is 3.22. The van der Waals surface area contributed by atoms with Crippen LogP contribution in [0.1, 0.15) is 17.2 Å². The van der Waals surface area contributed by atoms with E-state index in [-0.39, 0.29) is 6.61 Å². The highest BCUT2D eigenvalue weighted by Gasteiger charge is 2.10. The van der Waals surface area contributed by atoms with Gasteiger partial charge in [-0.3, -0.25) is 0 Å². The predicted octanol–water partition coefficient (Wildman–Crippen LogP) is 2.53. The summed E-state index contributed by atoms with van der Waals surface area (Å²) in [6.07, 6.45) is -0.653. The van der Waals surface area contributed by atoms with Crippen LogP contribution in [0.15, 0.2) is 48.5 Å². The molecule has 0 radical (unpaired) electrons. The number of nitrogens with one attached hydrogen (secondary N) is 1. The van der Waals surface area contributed by atoms with Crippen LogP contribution in [0.2, 0.25) is 0 Å². The van der Waals surface area contributed by atoms with Gasteiger partial charge in [0.15, 0.2) is 0 Å². The second kappa shape index (κ2) is 7.67. The predicted molar refractivity (Wildman–Crippen MR) is 82.7 cm³/mol. The smallest absolute Gasteiger partial charge is 0.127 e. The van der Waals surface area contributed by atoms with E-state index in [1.807, 2.05) is 55.6 Å². The monoisotopic (exact) mass is 287 g/mol. The van der Waals surface area contributed by atoms with Gasteiger partial charge in [-0.25, -0.2) is 0 Å². The highest BCUT2D eigenvalue weighted by Crippen LogP contribution is 2.26. The van der Waals surface area contributed by atoms with Crippen LogP contribution in [-0.4, -0.2) is 25.9 Å². The van der Waals surface area contributed by atoms with Crippen molar-refractivity contribution >= 4 is 0 Å². The average Bonchev–Trinajstić information content (AvgIpc) is 2.54. The first-order valence-corrected chi connectivity index (χ1v) is 6.92. The molecule has 0 saturated heterocycles. The van der Waals surface area contributed by atoms with Gasteiger partial charge in [0.05, 0.1) is 7.11 Å². The van der Waals surface area contributed by atoms with E-state index in [1.165, 1.54) is 0 Å². The molecule has 21 heavy (non-hydrogen) atoms. The van der Waals surface area contributed by atoms with Crippen molar-refractivity contribution in [3.8, 4) is 11.5 Å². The van der Waals surface area contributed by atoms with Crippen molar-refractivity contribution in [3.63, 3.8) is 0 Å². The molecule has 2 aromatic rings. The molecule has 0 amide bonds. The zero-order valence-electron chi connectivity index (χ0n) is 12.4. The Bertz CT molecular complexity index is 557. The summed E-state index contributed by atoms with van der Waals surface area (Å²) in [5, 5.41) is 13.3. The van der Waals surface area contributed by atoms with E-state index in [4.69, 9.17) is 9.47 Å². The SMILES string of the molecule is CNCc1ccc(OC)cc1OCC(O)c1ccccc1. The first-order valence-electron chi connectivity index (χ1n) is 6.92. The Hall–Kier alpha value is -2.04. The normalized spacial score (nSPS) is 12.0. The van der Waals surface area contributed by atoms with E-state index >= 15 is 0 Å². The summed E-state index contributed by atoms with van der Waals surface area (Å²) in [4.78, 5) is 0. The van der Waals surface area contributed by atoms with Crippen molar-refractivity contribution in [1.29, 1.82) is 0 Å². The second-order valence-corrected chi connectivity index (χ2v) is 4.74. The van der Waals surface area contributed by atoms with Crippen LogP contribution in [0.5, 0.6) is 11.5 Å². The van der Waals surface area contributed by atoms with Gasteiger partial charge in [-0.05, 0) is 18.7 Å². The molecule has 112 valence electrons. The Kier molecular flexibility index (Phi) is 5.60. The Morgan fingerprint density at radius 2 is 1.90 bits per heavy atom.